The first-order chi connectivity index (χ1) is 8.33. The van der Waals surface area contributed by atoms with Gasteiger partial charge < -0.3 is 10.8 Å². The molecule has 0 atom stereocenters. The van der Waals surface area contributed by atoms with E-state index in [1.54, 1.807) is 26.0 Å². The molecule has 0 bridgehead atoms. The van der Waals surface area contributed by atoms with Gasteiger partial charge in [-0.2, -0.15) is 0 Å². The summed E-state index contributed by atoms with van der Waals surface area (Å²) in [7, 11) is 0. The highest BCUT2D eigenvalue weighted by Gasteiger charge is 2.24. The van der Waals surface area contributed by atoms with Crippen LogP contribution < -0.4 is 11.1 Å². The Morgan fingerprint density at radius 3 is 2.33 bits per heavy atom. The molecule has 0 heterocycles. The monoisotopic (exact) mass is 250 g/mol. The van der Waals surface area contributed by atoms with Gasteiger partial charge in [0, 0.05) is 6.54 Å². The van der Waals surface area contributed by atoms with Crippen molar-refractivity contribution >= 4 is 11.9 Å². The van der Waals surface area contributed by atoms with Crippen LogP contribution in [0.2, 0.25) is 0 Å². The van der Waals surface area contributed by atoms with Crippen LogP contribution in [0.25, 0.3) is 0 Å². The zero-order valence-corrected chi connectivity index (χ0v) is 10.6. The molecule has 5 nitrogen and oxygen atoms in total. The van der Waals surface area contributed by atoms with E-state index in [0.717, 1.165) is 11.1 Å². The maximum atomic E-state index is 11.2. The van der Waals surface area contributed by atoms with Gasteiger partial charge >= 0.3 is 5.97 Å². The van der Waals surface area contributed by atoms with Crippen LogP contribution in [-0.4, -0.2) is 22.5 Å². The van der Waals surface area contributed by atoms with Gasteiger partial charge in [0.05, 0.1) is 12.0 Å². The van der Waals surface area contributed by atoms with Crippen molar-refractivity contribution in [1.82, 2.24) is 5.32 Å². The normalized spacial score (nSPS) is 11.2. The molecule has 0 aliphatic rings. The lowest BCUT2D eigenvalue weighted by Crippen LogP contribution is -2.50. The number of carboxylic acid groups (broad SMARTS) is 1. The summed E-state index contributed by atoms with van der Waals surface area (Å²) in [6.45, 7) is 3.78. The highest BCUT2D eigenvalue weighted by atomic mass is 16.4. The molecule has 1 rings (SSSR count). The summed E-state index contributed by atoms with van der Waals surface area (Å²) in [5.74, 6) is -1.32. The van der Waals surface area contributed by atoms with Crippen molar-refractivity contribution in [1.29, 1.82) is 0 Å². The number of hydrogen-bond acceptors (Lipinski definition) is 3. The van der Waals surface area contributed by atoms with Crippen LogP contribution in [-0.2, 0) is 22.6 Å². The smallest absolute Gasteiger partial charge is 0.307 e. The Morgan fingerprint density at radius 2 is 1.83 bits per heavy atom. The summed E-state index contributed by atoms with van der Waals surface area (Å²) < 4.78 is 0. The topological polar surface area (TPSA) is 92.4 Å². The predicted octanol–water partition coefficient (Wildman–Crippen LogP) is 0.667. The van der Waals surface area contributed by atoms with E-state index in [0.29, 0.717) is 6.54 Å². The number of benzene rings is 1. The molecule has 0 radical (unpaired) electrons. The Balaban J connectivity index is 2.79. The van der Waals surface area contributed by atoms with E-state index in [1.165, 1.54) is 0 Å². The molecule has 0 fully saturated rings. The first-order valence-electron chi connectivity index (χ1n) is 5.66. The Bertz CT molecular complexity index is 455. The van der Waals surface area contributed by atoms with Gasteiger partial charge in [0.25, 0.3) is 0 Å². The van der Waals surface area contributed by atoms with Crippen molar-refractivity contribution < 1.29 is 14.7 Å². The number of hydrogen-bond donors (Lipinski definition) is 3. The number of rotatable bonds is 6. The molecule has 1 aromatic carbocycles. The molecular weight excluding hydrogens is 232 g/mol. The summed E-state index contributed by atoms with van der Waals surface area (Å²) in [6, 6.07) is 7.23. The maximum Gasteiger partial charge on any atom is 0.307 e. The molecule has 0 saturated heterocycles. The first kappa shape index (κ1) is 14.2. The highest BCUT2D eigenvalue weighted by molar-refractivity contribution is 5.83. The molecule has 0 aliphatic heterocycles. The average molecular weight is 250 g/mol. The van der Waals surface area contributed by atoms with Gasteiger partial charge in [-0.05, 0) is 25.0 Å². The fourth-order valence-electron chi connectivity index (χ4n) is 1.47. The van der Waals surface area contributed by atoms with Gasteiger partial charge in [-0.3, -0.25) is 14.9 Å². The molecule has 1 aromatic rings. The number of nitrogens with two attached hydrogens (primary N) is 1. The molecule has 4 N–H and O–H groups in total. The zero-order chi connectivity index (χ0) is 13.8. The number of amides is 1. The molecule has 98 valence electrons. The Morgan fingerprint density at radius 1 is 1.28 bits per heavy atom. The number of carbonyl (C=O) groups is 2. The molecule has 18 heavy (non-hydrogen) atoms. The van der Waals surface area contributed by atoms with Gasteiger partial charge in [0.2, 0.25) is 5.91 Å². The predicted molar refractivity (Wildman–Crippen MR) is 67.9 cm³/mol. The quantitative estimate of drug-likeness (QED) is 0.691. The summed E-state index contributed by atoms with van der Waals surface area (Å²) in [6.07, 6.45) is -0.0329. The average Bonchev–Trinajstić information content (AvgIpc) is 2.27. The third-order valence-electron chi connectivity index (χ3n) is 2.80. The second-order valence-electron chi connectivity index (χ2n) is 4.68. The van der Waals surface area contributed by atoms with Gasteiger partial charge in [-0.25, -0.2) is 0 Å². The Hall–Kier alpha value is -1.88. The van der Waals surface area contributed by atoms with Crippen molar-refractivity contribution in [3.63, 3.8) is 0 Å². The standard InChI is InChI=1S/C13H18N2O3/c1-13(2,12(14)18)15-8-10-6-4-3-5-9(10)7-11(16)17/h3-6,15H,7-8H2,1-2H3,(H2,14,18)(H,16,17). The van der Waals surface area contributed by atoms with E-state index < -0.39 is 17.4 Å². The van der Waals surface area contributed by atoms with Crippen LogP contribution >= 0.6 is 0 Å². The minimum absolute atomic E-state index is 0.0329. The molecular formula is C13H18N2O3. The second kappa shape index (κ2) is 5.64. The zero-order valence-electron chi connectivity index (χ0n) is 10.6. The lowest BCUT2D eigenvalue weighted by atomic mass is 10.0. The highest BCUT2D eigenvalue weighted by Crippen LogP contribution is 2.11. The van der Waals surface area contributed by atoms with E-state index in [-0.39, 0.29) is 6.42 Å². The van der Waals surface area contributed by atoms with Crippen molar-refractivity contribution in [2.24, 2.45) is 5.73 Å². The van der Waals surface area contributed by atoms with Crippen LogP contribution in [0.15, 0.2) is 24.3 Å². The first-order valence-corrected chi connectivity index (χ1v) is 5.66. The van der Waals surface area contributed by atoms with E-state index in [1.807, 2.05) is 12.1 Å². The van der Waals surface area contributed by atoms with Crippen LogP contribution in [0.4, 0.5) is 0 Å². The number of carbonyl (C=O) groups excluding carboxylic acids is 1. The van der Waals surface area contributed by atoms with Crippen molar-refractivity contribution in [3.05, 3.63) is 35.4 Å². The number of nitrogens with one attached hydrogen (secondary N) is 1. The minimum atomic E-state index is -0.878. The van der Waals surface area contributed by atoms with E-state index in [4.69, 9.17) is 10.8 Å². The minimum Gasteiger partial charge on any atom is -0.481 e. The van der Waals surface area contributed by atoms with Crippen molar-refractivity contribution in [3.8, 4) is 0 Å². The van der Waals surface area contributed by atoms with E-state index in [9.17, 15) is 9.59 Å². The van der Waals surface area contributed by atoms with E-state index in [2.05, 4.69) is 5.32 Å². The fraction of sp³-hybridized carbons (Fsp3) is 0.385. The number of primary amides is 1. The molecule has 0 saturated carbocycles. The van der Waals surface area contributed by atoms with Crippen LogP contribution in [0.3, 0.4) is 0 Å². The molecule has 5 heteroatoms. The van der Waals surface area contributed by atoms with Crippen LogP contribution in [0.5, 0.6) is 0 Å². The lowest BCUT2D eigenvalue weighted by Gasteiger charge is -2.23. The molecule has 0 spiro atoms. The maximum absolute atomic E-state index is 11.2. The molecule has 0 aliphatic carbocycles. The fourth-order valence-corrected chi connectivity index (χ4v) is 1.47. The van der Waals surface area contributed by atoms with Crippen LogP contribution in [0, 0.1) is 0 Å². The largest absolute Gasteiger partial charge is 0.481 e. The Labute approximate surface area is 106 Å². The summed E-state index contributed by atoms with van der Waals surface area (Å²) in [5.41, 5.74) is 6.02. The van der Waals surface area contributed by atoms with Crippen molar-refractivity contribution in [2.45, 2.75) is 32.4 Å². The molecule has 0 aromatic heterocycles. The third-order valence-corrected chi connectivity index (χ3v) is 2.80. The van der Waals surface area contributed by atoms with Gasteiger partial charge in [-0.15, -0.1) is 0 Å². The van der Waals surface area contributed by atoms with Gasteiger partial charge in [-0.1, -0.05) is 24.3 Å². The van der Waals surface area contributed by atoms with Gasteiger partial charge in [0.1, 0.15) is 0 Å². The third kappa shape index (κ3) is 3.85. The number of carboxylic acids is 1. The van der Waals surface area contributed by atoms with Crippen molar-refractivity contribution in [2.75, 3.05) is 0 Å². The summed E-state index contributed by atoms with van der Waals surface area (Å²) in [4.78, 5) is 21.9. The summed E-state index contributed by atoms with van der Waals surface area (Å²) in [5, 5.41) is 11.8. The summed E-state index contributed by atoms with van der Waals surface area (Å²) >= 11 is 0. The van der Waals surface area contributed by atoms with Crippen LogP contribution in [0.1, 0.15) is 25.0 Å². The van der Waals surface area contributed by atoms with Gasteiger partial charge in [0.15, 0.2) is 0 Å². The second-order valence-corrected chi connectivity index (χ2v) is 4.68. The Kier molecular flexibility index (Phi) is 4.44. The lowest BCUT2D eigenvalue weighted by molar-refractivity contribution is -0.136. The SMILES string of the molecule is CC(C)(NCc1ccccc1CC(=O)O)C(N)=O. The van der Waals surface area contributed by atoms with E-state index >= 15 is 0 Å². The molecule has 1 amide bonds. The number of aliphatic carboxylic acids is 1. The molecule has 0 unspecified atom stereocenters.